The molecular weight excluding hydrogens is 464 g/mol. The molecule has 3 N–H and O–H groups in total. The summed E-state index contributed by atoms with van der Waals surface area (Å²) in [5, 5.41) is 28.3. The molecule has 1 heterocycles. The minimum atomic E-state index is -1.79. The summed E-state index contributed by atoms with van der Waals surface area (Å²) in [6, 6.07) is 27.0. The normalized spacial score (nSPS) is 12.7. The topological polar surface area (TPSA) is 104 Å². The van der Waals surface area contributed by atoms with Gasteiger partial charge < -0.3 is 20.4 Å². The van der Waals surface area contributed by atoms with Gasteiger partial charge in [0.1, 0.15) is 12.4 Å². The quantitative estimate of drug-likeness (QED) is 0.243. The van der Waals surface area contributed by atoms with Gasteiger partial charge in [-0.1, -0.05) is 60.1 Å². The average Bonchev–Trinajstić information content (AvgIpc) is 2.88. The van der Waals surface area contributed by atoms with E-state index in [1.807, 2.05) is 72.8 Å². The summed E-state index contributed by atoms with van der Waals surface area (Å²) >= 11 is 6.05. The Kier molecular flexibility index (Phi) is 7.75. The Hall–Kier alpha value is -3.74. The van der Waals surface area contributed by atoms with Crippen molar-refractivity contribution in [1.82, 2.24) is 4.98 Å². The van der Waals surface area contributed by atoms with Crippen LogP contribution in [-0.4, -0.2) is 33.0 Å². The van der Waals surface area contributed by atoms with Crippen molar-refractivity contribution >= 4 is 34.2 Å². The van der Waals surface area contributed by atoms with Gasteiger partial charge in [0.25, 0.3) is 0 Å². The molecule has 0 fully saturated rings. The predicted molar refractivity (Wildman–Crippen MR) is 136 cm³/mol. The van der Waals surface area contributed by atoms with Gasteiger partial charge in [0, 0.05) is 22.0 Å². The Morgan fingerprint density at radius 1 is 0.943 bits per heavy atom. The van der Waals surface area contributed by atoms with E-state index in [0.717, 1.165) is 27.7 Å². The highest BCUT2D eigenvalue weighted by atomic mass is 35.5. The number of carbonyl (C=O) groups is 1. The molecule has 3 aromatic carbocycles. The van der Waals surface area contributed by atoms with Crippen molar-refractivity contribution in [2.45, 2.75) is 31.5 Å². The van der Waals surface area contributed by atoms with Gasteiger partial charge >= 0.3 is 5.97 Å². The Morgan fingerprint density at radius 3 is 2.29 bits per heavy atom. The number of aromatic nitrogens is 1. The fourth-order valence-electron chi connectivity index (χ4n) is 3.95. The third kappa shape index (κ3) is 6.23. The molecule has 1 aromatic heterocycles. The van der Waals surface area contributed by atoms with E-state index >= 15 is 0 Å². The number of pyridine rings is 1. The first-order chi connectivity index (χ1) is 16.9. The zero-order valence-corrected chi connectivity index (χ0v) is 19.7. The summed E-state index contributed by atoms with van der Waals surface area (Å²) in [6.07, 6.45) is -1.18. The number of halogens is 1. The maximum absolute atomic E-state index is 11.0. The number of carboxylic acid groups (broad SMARTS) is 1. The molecule has 35 heavy (non-hydrogen) atoms. The minimum absolute atomic E-state index is 0.107. The molecule has 0 saturated carbocycles. The molecule has 0 radical (unpaired) electrons. The standard InChI is InChI=1S/C28H25ClN2O4/c29-21-10-5-18(6-11-21)24(15-16-25(30)27(32)28(33)34)19-8-13-23(14-9-19)35-17-22-12-7-20-3-1-2-4-26(20)31-22/h1-14,24,27,30,32H,15-17H2,(H,33,34). The summed E-state index contributed by atoms with van der Waals surface area (Å²) in [5.41, 5.74) is 3.51. The first kappa shape index (κ1) is 24.4. The lowest BCUT2D eigenvalue weighted by molar-refractivity contribution is -0.143. The highest BCUT2D eigenvalue weighted by molar-refractivity contribution is 6.30. The van der Waals surface area contributed by atoms with Gasteiger partial charge in [-0.05, 0) is 60.4 Å². The van der Waals surface area contributed by atoms with Gasteiger partial charge in [-0.2, -0.15) is 0 Å². The molecule has 0 bridgehead atoms. The maximum atomic E-state index is 11.0. The number of aliphatic hydroxyl groups is 1. The number of hydrogen-bond acceptors (Lipinski definition) is 5. The summed E-state index contributed by atoms with van der Waals surface area (Å²) in [6.45, 7) is 0.342. The van der Waals surface area contributed by atoms with Crippen molar-refractivity contribution in [3.05, 3.63) is 107 Å². The molecule has 178 valence electrons. The number of nitrogens with zero attached hydrogens (tertiary/aromatic N) is 1. The van der Waals surface area contributed by atoms with Crippen LogP contribution in [0.15, 0.2) is 84.9 Å². The van der Waals surface area contributed by atoms with Crippen LogP contribution in [0, 0.1) is 5.41 Å². The Labute approximate surface area is 208 Å². The lowest BCUT2D eigenvalue weighted by atomic mass is 9.86. The van der Waals surface area contributed by atoms with Crippen molar-refractivity contribution < 1.29 is 19.7 Å². The highest BCUT2D eigenvalue weighted by Crippen LogP contribution is 2.32. The van der Waals surface area contributed by atoms with Crippen LogP contribution in [0.2, 0.25) is 5.02 Å². The number of hydrogen-bond donors (Lipinski definition) is 3. The van der Waals surface area contributed by atoms with Crippen molar-refractivity contribution in [1.29, 1.82) is 5.41 Å². The fourth-order valence-corrected chi connectivity index (χ4v) is 4.07. The number of rotatable bonds is 10. The highest BCUT2D eigenvalue weighted by Gasteiger charge is 2.22. The Balaban J connectivity index is 1.47. The van der Waals surface area contributed by atoms with E-state index in [1.54, 1.807) is 12.1 Å². The number of nitrogens with one attached hydrogen (secondary N) is 1. The first-order valence-electron chi connectivity index (χ1n) is 11.2. The Bertz CT molecular complexity index is 1320. The van der Waals surface area contributed by atoms with Crippen LogP contribution in [0.25, 0.3) is 10.9 Å². The van der Waals surface area contributed by atoms with Gasteiger partial charge in [-0.3, -0.25) is 0 Å². The molecule has 0 spiro atoms. The molecule has 2 unspecified atom stereocenters. The molecular formula is C28H25ClN2O4. The second-order valence-electron chi connectivity index (χ2n) is 8.26. The molecule has 6 nitrogen and oxygen atoms in total. The molecule has 7 heteroatoms. The van der Waals surface area contributed by atoms with Gasteiger partial charge in [0.2, 0.25) is 0 Å². The summed E-state index contributed by atoms with van der Waals surface area (Å²) in [7, 11) is 0. The smallest absolute Gasteiger partial charge is 0.338 e. The van der Waals surface area contributed by atoms with E-state index in [1.165, 1.54) is 0 Å². The van der Waals surface area contributed by atoms with E-state index in [-0.39, 0.29) is 18.1 Å². The zero-order chi connectivity index (χ0) is 24.8. The van der Waals surface area contributed by atoms with Crippen LogP contribution in [-0.2, 0) is 11.4 Å². The second kappa shape index (κ2) is 11.1. The average molecular weight is 489 g/mol. The van der Waals surface area contributed by atoms with E-state index in [2.05, 4.69) is 4.98 Å². The van der Waals surface area contributed by atoms with Crippen LogP contribution in [0.4, 0.5) is 0 Å². The van der Waals surface area contributed by atoms with E-state index in [4.69, 9.17) is 26.9 Å². The summed E-state index contributed by atoms with van der Waals surface area (Å²) < 4.78 is 5.94. The molecule has 4 aromatic rings. The molecule has 0 saturated heterocycles. The number of aliphatic carboxylic acids is 1. The van der Waals surface area contributed by atoms with Crippen LogP contribution < -0.4 is 4.74 Å². The number of benzene rings is 3. The summed E-state index contributed by atoms with van der Waals surface area (Å²) in [4.78, 5) is 15.6. The van der Waals surface area contributed by atoms with E-state index in [9.17, 15) is 9.90 Å². The largest absolute Gasteiger partial charge is 0.487 e. The first-order valence-corrected chi connectivity index (χ1v) is 11.6. The molecule has 4 rings (SSSR count). The van der Waals surface area contributed by atoms with Gasteiger partial charge in [-0.25, -0.2) is 9.78 Å². The third-order valence-electron chi connectivity index (χ3n) is 5.86. The number of para-hydroxylation sites is 1. The van der Waals surface area contributed by atoms with E-state index in [0.29, 0.717) is 23.8 Å². The molecule has 0 amide bonds. The molecule has 0 aliphatic heterocycles. The number of aliphatic hydroxyl groups excluding tert-OH is 1. The van der Waals surface area contributed by atoms with E-state index < -0.39 is 12.1 Å². The number of carboxylic acids is 1. The lowest BCUT2D eigenvalue weighted by Gasteiger charge is -2.19. The van der Waals surface area contributed by atoms with Crippen LogP contribution >= 0.6 is 11.6 Å². The fraction of sp³-hybridized carbons (Fsp3) is 0.179. The SMILES string of the molecule is N=C(CCC(c1ccc(Cl)cc1)c1ccc(OCc2ccc3ccccc3n2)cc1)C(O)C(=O)O. The lowest BCUT2D eigenvalue weighted by Crippen LogP contribution is -2.29. The van der Waals surface area contributed by atoms with Crippen molar-refractivity contribution in [2.24, 2.45) is 0 Å². The summed E-state index contributed by atoms with van der Waals surface area (Å²) in [5.74, 6) is -0.821. The van der Waals surface area contributed by atoms with Gasteiger partial charge in [0.15, 0.2) is 6.10 Å². The number of ether oxygens (including phenoxy) is 1. The van der Waals surface area contributed by atoms with Crippen LogP contribution in [0.5, 0.6) is 5.75 Å². The van der Waals surface area contributed by atoms with Crippen molar-refractivity contribution in [3.63, 3.8) is 0 Å². The van der Waals surface area contributed by atoms with Crippen molar-refractivity contribution in [2.75, 3.05) is 0 Å². The minimum Gasteiger partial charge on any atom is -0.487 e. The predicted octanol–water partition coefficient (Wildman–Crippen LogP) is 5.84. The number of fused-ring (bicyclic) bond motifs is 1. The van der Waals surface area contributed by atoms with Crippen molar-refractivity contribution in [3.8, 4) is 5.75 Å². The van der Waals surface area contributed by atoms with Crippen LogP contribution in [0.1, 0.15) is 35.6 Å². The van der Waals surface area contributed by atoms with Gasteiger partial charge in [-0.15, -0.1) is 0 Å². The monoisotopic (exact) mass is 488 g/mol. The zero-order valence-electron chi connectivity index (χ0n) is 18.9. The molecule has 0 aliphatic rings. The second-order valence-corrected chi connectivity index (χ2v) is 8.70. The van der Waals surface area contributed by atoms with Gasteiger partial charge in [0.05, 0.1) is 11.2 Å². The third-order valence-corrected chi connectivity index (χ3v) is 6.12. The molecule has 2 atom stereocenters. The maximum Gasteiger partial charge on any atom is 0.338 e. The molecule has 0 aliphatic carbocycles. The van der Waals surface area contributed by atoms with Crippen LogP contribution in [0.3, 0.4) is 0 Å². The Morgan fingerprint density at radius 2 is 1.60 bits per heavy atom.